The first kappa shape index (κ1) is 31.1. The van der Waals surface area contributed by atoms with Gasteiger partial charge in [0, 0.05) is 32.2 Å². The van der Waals surface area contributed by atoms with Gasteiger partial charge >= 0.3 is 6.03 Å². The van der Waals surface area contributed by atoms with Crippen LogP contribution in [0.25, 0.3) is 11.3 Å². The summed E-state index contributed by atoms with van der Waals surface area (Å²) in [5.41, 5.74) is 0.483. The van der Waals surface area contributed by atoms with Gasteiger partial charge in [-0.25, -0.2) is 19.2 Å². The average Bonchev–Trinajstić information content (AvgIpc) is 3.34. The summed E-state index contributed by atoms with van der Waals surface area (Å²) in [7, 11) is 1.69. The fraction of sp³-hybridized carbons (Fsp3) is 0.485. The van der Waals surface area contributed by atoms with E-state index >= 15 is 4.39 Å². The number of carbonyl (C=O) groups is 2. The highest BCUT2D eigenvalue weighted by Gasteiger charge is 2.39. The van der Waals surface area contributed by atoms with Crippen LogP contribution in [0.3, 0.4) is 0 Å². The SMILES string of the molecule is C[C@H]1COCCN1c1ccc(NC(=O)Nc2ccc(-c3nc(N4CC5CCC(C4)O5)nc4c3C(=O)N(C)CC(C)(C)O4)cc2F)cn1. The van der Waals surface area contributed by atoms with Gasteiger partial charge in [-0.2, -0.15) is 4.98 Å². The first-order chi connectivity index (χ1) is 22.5. The minimum atomic E-state index is -0.717. The smallest absolute Gasteiger partial charge is 0.323 e. The topological polar surface area (TPSA) is 134 Å². The molecule has 2 bridgehead atoms. The van der Waals surface area contributed by atoms with E-state index in [0.717, 1.165) is 25.2 Å². The number of halogens is 1. The van der Waals surface area contributed by atoms with Gasteiger partial charge in [0.15, 0.2) is 0 Å². The lowest BCUT2D eigenvalue weighted by molar-refractivity contribution is 0.0297. The van der Waals surface area contributed by atoms with E-state index in [0.29, 0.717) is 50.0 Å². The van der Waals surface area contributed by atoms with Crippen molar-refractivity contribution < 1.29 is 28.2 Å². The fourth-order valence-corrected chi connectivity index (χ4v) is 6.70. The molecule has 2 unspecified atom stereocenters. The molecule has 4 aliphatic rings. The normalized spacial score (nSPS) is 23.6. The molecule has 3 saturated heterocycles. The van der Waals surface area contributed by atoms with Crippen LogP contribution < -0.4 is 25.2 Å². The second-order valence-corrected chi connectivity index (χ2v) is 13.2. The number of ether oxygens (including phenoxy) is 3. The van der Waals surface area contributed by atoms with Crippen molar-refractivity contribution in [1.29, 1.82) is 0 Å². The molecule has 6 heterocycles. The number of urea groups is 1. The Morgan fingerprint density at radius 1 is 1.09 bits per heavy atom. The molecule has 2 N–H and O–H groups in total. The van der Waals surface area contributed by atoms with Gasteiger partial charge in [-0.1, -0.05) is 6.07 Å². The molecular formula is C33H39FN8O5. The van der Waals surface area contributed by atoms with Gasteiger partial charge in [-0.3, -0.25) is 4.79 Å². The number of hydrogen-bond donors (Lipinski definition) is 2. The largest absolute Gasteiger partial charge is 0.469 e. The summed E-state index contributed by atoms with van der Waals surface area (Å²) in [5.74, 6) is 0.337. The number of fused-ring (bicyclic) bond motifs is 3. The van der Waals surface area contributed by atoms with Crippen molar-refractivity contribution in [3.63, 3.8) is 0 Å². The molecule has 4 aliphatic heterocycles. The van der Waals surface area contributed by atoms with Crippen LogP contribution in [0.1, 0.15) is 44.0 Å². The van der Waals surface area contributed by atoms with E-state index in [2.05, 4.69) is 27.4 Å². The first-order valence-corrected chi connectivity index (χ1v) is 16.0. The molecule has 3 aromatic rings. The predicted octanol–water partition coefficient (Wildman–Crippen LogP) is 4.16. The van der Waals surface area contributed by atoms with Crippen molar-refractivity contribution in [3.05, 3.63) is 47.9 Å². The minimum absolute atomic E-state index is 0.0380. The van der Waals surface area contributed by atoms with E-state index in [4.69, 9.17) is 24.2 Å². The van der Waals surface area contributed by atoms with Crippen LogP contribution in [-0.2, 0) is 9.47 Å². The predicted molar refractivity (Wildman–Crippen MR) is 174 cm³/mol. The summed E-state index contributed by atoms with van der Waals surface area (Å²) in [4.78, 5) is 46.3. The molecule has 14 heteroatoms. The van der Waals surface area contributed by atoms with Crippen LogP contribution in [0.5, 0.6) is 5.88 Å². The Kier molecular flexibility index (Phi) is 8.08. The molecule has 7 rings (SSSR count). The number of carbonyl (C=O) groups excluding carboxylic acids is 2. The van der Waals surface area contributed by atoms with Crippen molar-refractivity contribution in [2.24, 2.45) is 0 Å². The number of benzene rings is 1. The van der Waals surface area contributed by atoms with Crippen LogP contribution in [0, 0.1) is 5.82 Å². The number of nitrogens with one attached hydrogen (secondary N) is 2. The second kappa shape index (κ2) is 12.2. The van der Waals surface area contributed by atoms with E-state index in [1.165, 1.54) is 12.1 Å². The molecule has 3 amide bonds. The van der Waals surface area contributed by atoms with Crippen molar-refractivity contribution >= 4 is 35.1 Å². The van der Waals surface area contributed by atoms with E-state index < -0.39 is 17.4 Å². The molecule has 0 radical (unpaired) electrons. The Labute approximate surface area is 272 Å². The molecule has 1 aromatic carbocycles. The number of morpholine rings is 2. The molecule has 47 heavy (non-hydrogen) atoms. The van der Waals surface area contributed by atoms with Gasteiger partial charge in [-0.15, -0.1) is 0 Å². The Bertz CT molecular complexity index is 1680. The molecule has 0 spiro atoms. The van der Waals surface area contributed by atoms with Gasteiger partial charge in [0.25, 0.3) is 5.91 Å². The van der Waals surface area contributed by atoms with Gasteiger partial charge in [0.2, 0.25) is 11.8 Å². The summed E-state index contributed by atoms with van der Waals surface area (Å²) in [6, 6.07) is 7.48. The van der Waals surface area contributed by atoms with Crippen LogP contribution in [-0.4, -0.2) is 102 Å². The number of pyridine rings is 1. The highest BCUT2D eigenvalue weighted by atomic mass is 19.1. The van der Waals surface area contributed by atoms with Crippen molar-refractivity contribution in [2.45, 2.75) is 57.5 Å². The van der Waals surface area contributed by atoms with E-state index in [-0.39, 0.29) is 47.0 Å². The van der Waals surface area contributed by atoms with Gasteiger partial charge in [0.1, 0.15) is 22.8 Å². The summed E-state index contributed by atoms with van der Waals surface area (Å²) in [6.07, 6.45) is 3.66. The molecule has 2 aromatic heterocycles. The second-order valence-electron chi connectivity index (χ2n) is 13.2. The van der Waals surface area contributed by atoms with Crippen LogP contribution in [0.15, 0.2) is 36.5 Å². The van der Waals surface area contributed by atoms with Crippen LogP contribution in [0.4, 0.5) is 32.3 Å². The average molecular weight is 647 g/mol. The molecule has 0 aliphatic carbocycles. The lowest BCUT2D eigenvalue weighted by Gasteiger charge is -2.34. The number of nitrogens with zero attached hydrogens (tertiary/aromatic N) is 6. The Hall–Kier alpha value is -4.56. The van der Waals surface area contributed by atoms with Gasteiger partial charge in [0.05, 0.1) is 61.3 Å². The molecule has 3 fully saturated rings. The number of likely N-dealkylation sites (N-methyl/N-ethyl adjacent to an activating group) is 1. The number of anilines is 4. The van der Waals surface area contributed by atoms with E-state index in [1.807, 2.05) is 24.8 Å². The van der Waals surface area contributed by atoms with Gasteiger partial charge < -0.3 is 39.5 Å². The minimum Gasteiger partial charge on any atom is -0.469 e. The van der Waals surface area contributed by atoms with Crippen molar-refractivity contribution in [3.8, 4) is 17.1 Å². The quantitative estimate of drug-likeness (QED) is 0.416. The standard InChI is InChI=1S/C33H39FN8O5/c1-19-17-45-12-11-42(19)26-10-6-21(14-35-26)36-32(44)37-25-9-5-20(13-24(25)34)28-27-29(47-33(2,3)18-40(4)30(27)43)39-31(38-28)41-15-22-7-8-23(16-41)46-22/h5-6,9-10,13-14,19,22-23H,7-8,11-12,15-18H2,1-4H3,(H2,36,37,44)/t19-,22?,23?/m0/s1. The number of rotatable bonds is 5. The van der Waals surface area contributed by atoms with Crippen LogP contribution in [0.2, 0.25) is 0 Å². The number of hydrogen-bond acceptors (Lipinski definition) is 10. The van der Waals surface area contributed by atoms with E-state index in [1.54, 1.807) is 30.3 Å². The van der Waals surface area contributed by atoms with Crippen molar-refractivity contribution in [1.82, 2.24) is 19.9 Å². The summed E-state index contributed by atoms with van der Waals surface area (Å²) in [5, 5.41) is 5.27. The lowest BCUT2D eigenvalue weighted by Crippen LogP contribution is -2.44. The zero-order valence-electron chi connectivity index (χ0n) is 27.0. The highest BCUT2D eigenvalue weighted by molar-refractivity contribution is 6.03. The van der Waals surface area contributed by atoms with Crippen molar-refractivity contribution in [2.75, 3.05) is 66.9 Å². The van der Waals surface area contributed by atoms with Crippen LogP contribution >= 0.6 is 0 Å². The maximum Gasteiger partial charge on any atom is 0.323 e. The maximum atomic E-state index is 15.6. The Morgan fingerprint density at radius 3 is 2.57 bits per heavy atom. The van der Waals surface area contributed by atoms with E-state index in [9.17, 15) is 9.59 Å². The number of amides is 3. The zero-order chi connectivity index (χ0) is 32.9. The molecule has 3 atom stereocenters. The monoisotopic (exact) mass is 646 g/mol. The van der Waals surface area contributed by atoms with Gasteiger partial charge in [-0.05, 0) is 57.9 Å². The molecule has 13 nitrogen and oxygen atoms in total. The fourth-order valence-electron chi connectivity index (χ4n) is 6.70. The number of aromatic nitrogens is 3. The molecule has 0 saturated carbocycles. The third-order valence-electron chi connectivity index (χ3n) is 8.90. The summed E-state index contributed by atoms with van der Waals surface area (Å²) < 4.78 is 33.5. The third kappa shape index (κ3) is 6.39. The Morgan fingerprint density at radius 2 is 1.87 bits per heavy atom. The molecular weight excluding hydrogens is 607 g/mol. The molecule has 248 valence electrons. The summed E-state index contributed by atoms with van der Waals surface area (Å²) in [6.45, 7) is 9.40. The maximum absolute atomic E-state index is 15.6. The Balaban J connectivity index is 1.14. The summed E-state index contributed by atoms with van der Waals surface area (Å²) >= 11 is 0. The lowest BCUT2D eigenvalue weighted by atomic mass is 10.0. The first-order valence-electron chi connectivity index (χ1n) is 16.0. The third-order valence-corrected chi connectivity index (χ3v) is 8.90. The highest BCUT2D eigenvalue weighted by Crippen LogP contribution is 2.38. The zero-order valence-corrected chi connectivity index (χ0v) is 27.0.